The number of nitrogens with zero attached hydrogens (tertiary/aromatic N) is 1. The minimum absolute atomic E-state index is 0.0123. The van der Waals surface area contributed by atoms with E-state index in [9.17, 15) is 4.39 Å². The van der Waals surface area contributed by atoms with Gasteiger partial charge in [-0.05, 0) is 24.6 Å². The van der Waals surface area contributed by atoms with Gasteiger partial charge in [0.1, 0.15) is 24.2 Å². The lowest BCUT2D eigenvalue weighted by Gasteiger charge is -2.11. The number of hydrogen-bond donors (Lipinski definition) is 1. The molecule has 0 amide bonds. The molecule has 0 saturated heterocycles. The zero-order chi connectivity index (χ0) is 13.8. The number of nitriles is 1. The van der Waals surface area contributed by atoms with Gasteiger partial charge in [0.15, 0.2) is 0 Å². The van der Waals surface area contributed by atoms with Crippen LogP contribution in [0, 0.1) is 24.1 Å². The molecule has 4 heteroatoms. The van der Waals surface area contributed by atoms with Crippen LogP contribution < -0.4 is 10.5 Å². The normalized spacial score (nSPS) is 9.95. The van der Waals surface area contributed by atoms with E-state index in [2.05, 4.69) is 0 Å². The fourth-order valence-corrected chi connectivity index (χ4v) is 1.71. The van der Waals surface area contributed by atoms with Crippen LogP contribution in [0.25, 0.3) is 0 Å². The molecular weight excluding hydrogens is 243 g/mol. The van der Waals surface area contributed by atoms with Crippen molar-refractivity contribution in [3.63, 3.8) is 0 Å². The Morgan fingerprint density at radius 2 is 2.00 bits per heavy atom. The molecule has 0 aliphatic rings. The molecule has 0 saturated carbocycles. The molecule has 2 rings (SSSR count). The average Bonchev–Trinajstić information content (AvgIpc) is 2.42. The summed E-state index contributed by atoms with van der Waals surface area (Å²) in [5, 5.41) is 8.76. The molecule has 0 bridgehead atoms. The molecule has 0 heterocycles. The van der Waals surface area contributed by atoms with E-state index in [-0.39, 0.29) is 12.2 Å². The van der Waals surface area contributed by atoms with Crippen LogP contribution >= 0.6 is 0 Å². The molecule has 0 radical (unpaired) electrons. The summed E-state index contributed by atoms with van der Waals surface area (Å²) < 4.78 is 19.3. The predicted molar refractivity (Wildman–Crippen MR) is 71.0 cm³/mol. The molecule has 2 aromatic carbocycles. The quantitative estimate of drug-likeness (QED) is 0.858. The van der Waals surface area contributed by atoms with E-state index in [4.69, 9.17) is 15.7 Å². The second-order valence-corrected chi connectivity index (χ2v) is 4.17. The summed E-state index contributed by atoms with van der Waals surface area (Å²) in [6.07, 6.45) is 0. The van der Waals surface area contributed by atoms with Gasteiger partial charge >= 0.3 is 0 Å². The molecule has 0 unspecified atom stereocenters. The van der Waals surface area contributed by atoms with Gasteiger partial charge in [-0.25, -0.2) is 4.39 Å². The van der Waals surface area contributed by atoms with Crippen molar-refractivity contribution in [3.8, 4) is 11.8 Å². The van der Waals surface area contributed by atoms with Crippen molar-refractivity contribution in [3.05, 3.63) is 58.9 Å². The third kappa shape index (κ3) is 2.66. The lowest BCUT2D eigenvalue weighted by molar-refractivity contribution is 0.301. The van der Waals surface area contributed by atoms with Crippen molar-refractivity contribution in [2.24, 2.45) is 0 Å². The topological polar surface area (TPSA) is 59.0 Å². The highest BCUT2D eigenvalue weighted by Gasteiger charge is 2.09. The maximum atomic E-state index is 13.8. The van der Waals surface area contributed by atoms with Crippen LogP contribution in [0.5, 0.6) is 5.75 Å². The number of rotatable bonds is 3. The largest absolute Gasteiger partial charge is 0.487 e. The van der Waals surface area contributed by atoms with Gasteiger partial charge in [-0.15, -0.1) is 0 Å². The molecular formula is C15H13FN2O. The first kappa shape index (κ1) is 12.9. The Bertz CT molecular complexity index is 647. The summed E-state index contributed by atoms with van der Waals surface area (Å²) in [5.74, 6) is -0.0296. The van der Waals surface area contributed by atoms with Gasteiger partial charge < -0.3 is 10.5 Å². The predicted octanol–water partition coefficient (Wildman–Crippen LogP) is 3.17. The van der Waals surface area contributed by atoms with Crippen LogP contribution in [-0.2, 0) is 6.61 Å². The van der Waals surface area contributed by atoms with Gasteiger partial charge in [-0.1, -0.05) is 24.3 Å². The number of nitrogens with two attached hydrogens (primary N) is 1. The molecule has 0 aliphatic carbocycles. The lowest BCUT2D eigenvalue weighted by Crippen LogP contribution is -2.02. The summed E-state index contributed by atoms with van der Waals surface area (Å²) in [4.78, 5) is 0. The van der Waals surface area contributed by atoms with Crippen molar-refractivity contribution in [1.29, 1.82) is 5.26 Å². The maximum Gasteiger partial charge on any atom is 0.147 e. The van der Waals surface area contributed by atoms with Crippen LogP contribution in [0.15, 0.2) is 36.4 Å². The van der Waals surface area contributed by atoms with Crippen LogP contribution in [0.2, 0.25) is 0 Å². The van der Waals surface area contributed by atoms with Crippen molar-refractivity contribution < 1.29 is 9.13 Å². The SMILES string of the molecule is Cc1cccc(OCc2cccc(C#N)c2F)c1N. The van der Waals surface area contributed by atoms with Crippen molar-refractivity contribution in [1.82, 2.24) is 0 Å². The highest BCUT2D eigenvalue weighted by molar-refractivity contribution is 5.57. The third-order valence-corrected chi connectivity index (χ3v) is 2.87. The van der Waals surface area contributed by atoms with E-state index in [1.807, 2.05) is 19.1 Å². The number of para-hydroxylation sites is 1. The molecule has 0 aromatic heterocycles. The molecule has 0 spiro atoms. The second kappa shape index (κ2) is 5.40. The number of hydrogen-bond acceptors (Lipinski definition) is 3. The van der Waals surface area contributed by atoms with E-state index in [1.165, 1.54) is 6.07 Å². The Morgan fingerprint density at radius 3 is 2.74 bits per heavy atom. The van der Waals surface area contributed by atoms with Gasteiger partial charge in [-0.3, -0.25) is 0 Å². The molecule has 0 aliphatic heterocycles. The van der Waals surface area contributed by atoms with Crippen molar-refractivity contribution in [2.75, 3.05) is 5.73 Å². The Labute approximate surface area is 111 Å². The monoisotopic (exact) mass is 256 g/mol. The lowest BCUT2D eigenvalue weighted by atomic mass is 10.1. The molecule has 3 nitrogen and oxygen atoms in total. The molecule has 0 atom stereocenters. The van der Waals surface area contributed by atoms with Crippen LogP contribution in [0.1, 0.15) is 16.7 Å². The third-order valence-electron chi connectivity index (χ3n) is 2.87. The first-order valence-electron chi connectivity index (χ1n) is 5.79. The van der Waals surface area contributed by atoms with Crippen molar-refractivity contribution in [2.45, 2.75) is 13.5 Å². The number of anilines is 1. The zero-order valence-electron chi connectivity index (χ0n) is 10.5. The maximum absolute atomic E-state index is 13.8. The van der Waals surface area contributed by atoms with Gasteiger partial charge in [0.2, 0.25) is 0 Å². The van der Waals surface area contributed by atoms with Crippen molar-refractivity contribution >= 4 is 5.69 Å². The van der Waals surface area contributed by atoms with Gasteiger partial charge in [-0.2, -0.15) is 5.26 Å². The van der Waals surface area contributed by atoms with E-state index >= 15 is 0 Å². The summed E-state index contributed by atoms with van der Waals surface area (Å²) in [6.45, 7) is 1.91. The van der Waals surface area contributed by atoms with E-state index in [1.54, 1.807) is 24.3 Å². The molecule has 19 heavy (non-hydrogen) atoms. The number of halogens is 1. The smallest absolute Gasteiger partial charge is 0.147 e. The fraction of sp³-hybridized carbons (Fsp3) is 0.133. The molecule has 2 aromatic rings. The van der Waals surface area contributed by atoms with Gasteiger partial charge in [0, 0.05) is 5.56 Å². The Kier molecular flexibility index (Phi) is 3.67. The number of aryl methyl sites for hydroxylation is 1. The van der Waals surface area contributed by atoms with Crippen LogP contribution in [0.4, 0.5) is 10.1 Å². The summed E-state index contributed by atoms with van der Waals surface area (Å²) in [7, 11) is 0. The number of ether oxygens (including phenoxy) is 1. The molecule has 0 fully saturated rings. The highest BCUT2D eigenvalue weighted by atomic mass is 19.1. The number of benzene rings is 2. The molecule has 96 valence electrons. The Balaban J connectivity index is 2.20. The van der Waals surface area contributed by atoms with E-state index < -0.39 is 5.82 Å². The Hall–Kier alpha value is -2.54. The number of nitrogen functional groups attached to an aromatic ring is 1. The summed E-state index contributed by atoms with van der Waals surface area (Å²) in [6, 6.07) is 11.9. The standard InChI is InChI=1S/C15H13FN2O/c1-10-4-2-7-13(15(10)18)19-9-12-6-3-5-11(8-17)14(12)16/h2-7H,9,18H2,1H3. The van der Waals surface area contributed by atoms with E-state index in [0.29, 0.717) is 17.0 Å². The summed E-state index contributed by atoms with van der Waals surface area (Å²) >= 11 is 0. The average molecular weight is 256 g/mol. The van der Waals surface area contributed by atoms with Crippen LogP contribution in [0.3, 0.4) is 0 Å². The van der Waals surface area contributed by atoms with Gasteiger partial charge in [0.25, 0.3) is 0 Å². The minimum Gasteiger partial charge on any atom is -0.487 e. The minimum atomic E-state index is -0.545. The zero-order valence-corrected chi connectivity index (χ0v) is 10.5. The fourth-order valence-electron chi connectivity index (χ4n) is 1.71. The van der Waals surface area contributed by atoms with Crippen LogP contribution in [-0.4, -0.2) is 0 Å². The van der Waals surface area contributed by atoms with E-state index in [0.717, 1.165) is 5.56 Å². The Morgan fingerprint density at radius 1 is 1.26 bits per heavy atom. The first-order chi connectivity index (χ1) is 9.13. The second-order valence-electron chi connectivity index (χ2n) is 4.17. The first-order valence-corrected chi connectivity index (χ1v) is 5.79. The summed E-state index contributed by atoms with van der Waals surface area (Å²) in [5.41, 5.74) is 7.66. The highest BCUT2D eigenvalue weighted by Crippen LogP contribution is 2.25. The van der Waals surface area contributed by atoms with Gasteiger partial charge in [0.05, 0.1) is 11.3 Å². The molecule has 2 N–H and O–H groups in total.